The van der Waals surface area contributed by atoms with Crippen LogP contribution in [0.2, 0.25) is 6.04 Å². The summed E-state index contributed by atoms with van der Waals surface area (Å²) in [4.78, 5) is 22.6. The van der Waals surface area contributed by atoms with Gasteiger partial charge in [0.25, 0.3) is 5.69 Å². The Labute approximate surface area is 173 Å². The second-order valence-corrected chi connectivity index (χ2v) is 11.4. The van der Waals surface area contributed by atoms with Crippen LogP contribution in [0.15, 0.2) is 18.2 Å². The topological polar surface area (TPSA) is 106 Å². The third-order valence-corrected chi connectivity index (χ3v) is 7.08. The van der Waals surface area contributed by atoms with Crippen molar-refractivity contribution < 1.29 is 32.5 Å². The molecule has 158 valence electrons. The van der Waals surface area contributed by atoms with Crippen LogP contribution in [0.5, 0.6) is 5.75 Å². The molecule has 28 heavy (non-hydrogen) atoms. The van der Waals surface area contributed by atoms with E-state index in [1.807, 2.05) is 0 Å². The van der Waals surface area contributed by atoms with Crippen molar-refractivity contribution in [2.45, 2.75) is 37.2 Å². The normalized spacial score (nSPS) is 11.9. The summed E-state index contributed by atoms with van der Waals surface area (Å²) in [5.74, 6) is -0.0811. The zero-order chi connectivity index (χ0) is 21.4. The predicted molar refractivity (Wildman–Crippen MR) is 108 cm³/mol. The van der Waals surface area contributed by atoms with E-state index in [1.165, 1.54) is 39.5 Å². The Hall–Kier alpha value is -1.53. The molecule has 0 aliphatic carbocycles. The van der Waals surface area contributed by atoms with Gasteiger partial charge < -0.3 is 22.8 Å². The number of halogens is 1. The molecule has 0 fully saturated rings. The van der Waals surface area contributed by atoms with Gasteiger partial charge in [-0.15, -0.1) is 0 Å². The minimum absolute atomic E-state index is 0.142. The van der Waals surface area contributed by atoms with Gasteiger partial charge in [-0.3, -0.25) is 14.9 Å². The van der Waals surface area contributed by atoms with E-state index in [2.05, 4.69) is 15.9 Å². The van der Waals surface area contributed by atoms with Crippen LogP contribution in [-0.2, 0) is 29.4 Å². The molecule has 0 aliphatic rings. The van der Waals surface area contributed by atoms with Crippen molar-refractivity contribution in [1.29, 1.82) is 0 Å². The number of carbonyl (C=O) groups excluding carboxylic acids is 1. The third kappa shape index (κ3) is 7.13. The zero-order valence-electron chi connectivity index (χ0n) is 16.7. The summed E-state index contributed by atoms with van der Waals surface area (Å²) in [6.07, 6.45) is 0.612. The molecule has 0 N–H and O–H groups in total. The number of rotatable bonds is 12. The minimum atomic E-state index is -2.66. The van der Waals surface area contributed by atoms with E-state index in [-0.39, 0.29) is 17.9 Å². The van der Waals surface area contributed by atoms with Gasteiger partial charge in [0.1, 0.15) is 16.7 Å². The second kappa shape index (κ2) is 10.9. The molecule has 0 saturated heterocycles. The van der Waals surface area contributed by atoms with Gasteiger partial charge in [-0.25, -0.2) is 0 Å². The number of esters is 1. The minimum Gasteiger partial charge on any atom is -0.494 e. The highest BCUT2D eigenvalue weighted by molar-refractivity contribution is 9.10. The zero-order valence-corrected chi connectivity index (χ0v) is 19.2. The summed E-state index contributed by atoms with van der Waals surface area (Å²) in [6.45, 7) is 3.38. The van der Waals surface area contributed by atoms with Crippen molar-refractivity contribution >= 4 is 36.4 Å². The summed E-state index contributed by atoms with van der Waals surface area (Å²) >= 11 is 3.19. The molecule has 1 aromatic carbocycles. The fourth-order valence-electron chi connectivity index (χ4n) is 2.30. The maximum atomic E-state index is 11.9. The molecule has 0 aromatic heterocycles. The van der Waals surface area contributed by atoms with E-state index in [4.69, 9.17) is 22.8 Å². The molecular formula is C17H26BrNO8Si. The Morgan fingerprint density at radius 2 is 1.82 bits per heavy atom. The molecular weight excluding hydrogens is 454 g/mol. The summed E-state index contributed by atoms with van der Waals surface area (Å²) in [7, 11) is 1.95. The molecule has 11 heteroatoms. The van der Waals surface area contributed by atoms with Crippen LogP contribution in [-0.4, -0.2) is 52.0 Å². The number of hydrogen-bond acceptors (Lipinski definition) is 8. The van der Waals surface area contributed by atoms with E-state index in [1.54, 1.807) is 13.8 Å². The van der Waals surface area contributed by atoms with Gasteiger partial charge in [0.2, 0.25) is 0 Å². The van der Waals surface area contributed by atoms with E-state index >= 15 is 0 Å². The molecule has 0 radical (unpaired) electrons. The van der Waals surface area contributed by atoms with Crippen molar-refractivity contribution in [1.82, 2.24) is 0 Å². The van der Waals surface area contributed by atoms with Crippen LogP contribution in [0.4, 0.5) is 5.69 Å². The molecule has 0 aliphatic heterocycles. The van der Waals surface area contributed by atoms with Crippen molar-refractivity contribution in [3.05, 3.63) is 33.9 Å². The van der Waals surface area contributed by atoms with E-state index in [0.717, 1.165) is 0 Å². The average molecular weight is 480 g/mol. The second-order valence-electron chi connectivity index (χ2n) is 6.34. The number of nitro groups is 1. The number of alkyl halides is 1. The Bertz CT molecular complexity index is 667. The first-order valence-corrected chi connectivity index (χ1v) is 11.2. The van der Waals surface area contributed by atoms with Crippen molar-refractivity contribution in [2.24, 2.45) is 0 Å². The molecule has 0 saturated carbocycles. The molecule has 0 unspecified atom stereocenters. The first-order chi connectivity index (χ1) is 13.1. The number of carbonyl (C=O) groups is 1. The molecule has 9 nitrogen and oxygen atoms in total. The molecule has 0 spiro atoms. The number of benzene rings is 1. The maximum Gasteiger partial charge on any atom is 0.500 e. The Morgan fingerprint density at radius 3 is 2.32 bits per heavy atom. The lowest BCUT2D eigenvalue weighted by Crippen LogP contribution is -2.42. The van der Waals surface area contributed by atoms with Crippen molar-refractivity contribution in [2.75, 3.05) is 27.9 Å². The number of ether oxygens (including phenoxy) is 2. The summed E-state index contributed by atoms with van der Waals surface area (Å²) in [5.41, 5.74) is 0.110. The maximum absolute atomic E-state index is 11.9. The SMILES string of the molecule is CO[Si](CCCOc1ccc([N+](=O)[O-])c(COC(=O)C(C)(C)Br)c1)(OC)OC. The van der Waals surface area contributed by atoms with Gasteiger partial charge in [-0.1, -0.05) is 15.9 Å². The average Bonchev–Trinajstić information content (AvgIpc) is 2.66. The lowest BCUT2D eigenvalue weighted by atomic mass is 10.1. The Morgan fingerprint density at radius 1 is 1.21 bits per heavy atom. The molecule has 1 rings (SSSR count). The lowest BCUT2D eigenvalue weighted by Gasteiger charge is -2.24. The van der Waals surface area contributed by atoms with Crippen LogP contribution < -0.4 is 4.74 Å². The predicted octanol–water partition coefficient (Wildman–Crippen LogP) is 3.46. The van der Waals surface area contributed by atoms with Gasteiger partial charge in [-0.05, 0) is 32.4 Å². The highest BCUT2D eigenvalue weighted by Crippen LogP contribution is 2.27. The van der Waals surface area contributed by atoms with Crippen LogP contribution in [0.1, 0.15) is 25.8 Å². The number of hydrogen-bond donors (Lipinski definition) is 0. The third-order valence-electron chi connectivity index (χ3n) is 3.92. The van der Waals surface area contributed by atoms with Crippen LogP contribution >= 0.6 is 15.9 Å². The van der Waals surface area contributed by atoms with Crippen molar-refractivity contribution in [3.8, 4) is 5.75 Å². The summed E-state index contributed by atoms with van der Waals surface area (Å²) in [6, 6.07) is 4.90. The first kappa shape index (κ1) is 24.5. The van der Waals surface area contributed by atoms with Crippen LogP contribution in [0.25, 0.3) is 0 Å². The first-order valence-electron chi connectivity index (χ1n) is 8.50. The number of nitro benzene ring substituents is 1. The van der Waals surface area contributed by atoms with Gasteiger partial charge in [0.15, 0.2) is 0 Å². The van der Waals surface area contributed by atoms with Gasteiger partial charge in [0.05, 0.1) is 17.1 Å². The van der Waals surface area contributed by atoms with Crippen molar-refractivity contribution in [3.63, 3.8) is 0 Å². The smallest absolute Gasteiger partial charge is 0.494 e. The highest BCUT2D eigenvalue weighted by Gasteiger charge is 2.37. The van der Waals surface area contributed by atoms with E-state index < -0.39 is 24.0 Å². The van der Waals surface area contributed by atoms with Gasteiger partial charge >= 0.3 is 14.8 Å². The molecule has 1 aromatic rings. The summed E-state index contributed by atoms with van der Waals surface area (Å²) in [5, 5.41) is 11.2. The van der Waals surface area contributed by atoms with Crippen LogP contribution in [0, 0.1) is 10.1 Å². The van der Waals surface area contributed by atoms with E-state index in [9.17, 15) is 14.9 Å². The molecule has 0 heterocycles. The standard InChI is InChI=1S/C17H26BrNO8Si/c1-17(2,18)16(20)27-12-13-11-14(7-8-15(13)19(21)22)26-9-6-10-28(23-3,24-4)25-5/h7-8,11H,6,9-10,12H2,1-5H3. The van der Waals surface area contributed by atoms with Gasteiger partial charge in [0, 0.05) is 33.4 Å². The lowest BCUT2D eigenvalue weighted by molar-refractivity contribution is -0.385. The molecule has 0 atom stereocenters. The molecule has 0 amide bonds. The molecule has 0 bridgehead atoms. The summed E-state index contributed by atoms with van der Waals surface area (Å²) < 4.78 is 26.0. The number of nitrogens with zero attached hydrogens (tertiary/aromatic N) is 1. The van der Waals surface area contributed by atoms with Gasteiger partial charge in [-0.2, -0.15) is 0 Å². The van der Waals surface area contributed by atoms with Crippen LogP contribution in [0.3, 0.4) is 0 Å². The largest absolute Gasteiger partial charge is 0.500 e. The quantitative estimate of drug-likeness (QED) is 0.112. The van der Waals surface area contributed by atoms with E-state index in [0.29, 0.717) is 24.8 Å². The fourth-order valence-corrected chi connectivity index (χ4v) is 4.10. The Balaban J connectivity index is 2.76. The fraction of sp³-hybridized carbons (Fsp3) is 0.588. The highest BCUT2D eigenvalue weighted by atomic mass is 79.9. The Kier molecular flexibility index (Phi) is 9.50. The monoisotopic (exact) mass is 479 g/mol.